The molecule has 0 aliphatic carbocycles. The molecule has 0 aromatic rings. The Bertz CT molecular complexity index is 333. The molecule has 0 spiro atoms. The Hall–Kier alpha value is -0.353. The van der Waals surface area contributed by atoms with E-state index in [9.17, 15) is 4.79 Å². The van der Waals surface area contributed by atoms with Crippen molar-refractivity contribution in [1.82, 2.24) is 0 Å². The molecule has 0 aromatic carbocycles. The first kappa shape index (κ1) is 18.7. The molecule has 2 unspecified atom stereocenters. The largest absolute Gasteiger partial charge is 0.465 e. The second kappa shape index (κ2) is 7.77. The van der Waals surface area contributed by atoms with E-state index in [0.29, 0.717) is 17.6 Å². The van der Waals surface area contributed by atoms with E-state index < -0.39 is 8.32 Å². The Balaban J connectivity index is 2.21. The molecule has 0 aromatic heterocycles. The van der Waals surface area contributed by atoms with Gasteiger partial charge in [-0.3, -0.25) is 4.79 Å². The molecule has 2 atom stereocenters. The van der Waals surface area contributed by atoms with Gasteiger partial charge in [0, 0.05) is 6.61 Å². The van der Waals surface area contributed by atoms with Crippen molar-refractivity contribution >= 4 is 14.3 Å². The number of rotatable bonds is 6. The zero-order valence-corrected chi connectivity index (χ0v) is 15.8. The standard InChI is InChI=1S/C17H34O3Si/c1-14-13-15(10-12-19-16(14)18)9-7-8-11-20-21(5,6)17(2,3)4/h14-15H,7-13H2,1-6H3. The van der Waals surface area contributed by atoms with Crippen molar-refractivity contribution in [2.45, 2.75) is 77.9 Å². The SMILES string of the molecule is CC1CC(CCCCO[Si](C)(C)C(C)(C)C)CCOC1=O. The fourth-order valence-electron chi connectivity index (χ4n) is 2.52. The zero-order valence-electron chi connectivity index (χ0n) is 14.8. The van der Waals surface area contributed by atoms with Crippen LogP contribution in [-0.4, -0.2) is 27.5 Å². The second-order valence-electron chi connectivity index (χ2n) is 8.06. The van der Waals surface area contributed by atoms with Gasteiger partial charge in [0.1, 0.15) is 0 Å². The minimum atomic E-state index is -1.59. The summed E-state index contributed by atoms with van der Waals surface area (Å²) >= 11 is 0. The van der Waals surface area contributed by atoms with Crippen LogP contribution in [0.3, 0.4) is 0 Å². The molecule has 1 fully saturated rings. The van der Waals surface area contributed by atoms with E-state index in [4.69, 9.17) is 9.16 Å². The molecule has 1 saturated heterocycles. The summed E-state index contributed by atoms with van der Waals surface area (Å²) in [5.74, 6) is 0.694. The first-order valence-corrected chi connectivity index (χ1v) is 11.3. The topological polar surface area (TPSA) is 35.5 Å². The van der Waals surface area contributed by atoms with E-state index in [1.165, 1.54) is 12.8 Å². The van der Waals surface area contributed by atoms with Gasteiger partial charge in [0.05, 0.1) is 12.5 Å². The Morgan fingerprint density at radius 3 is 2.57 bits per heavy atom. The average Bonchev–Trinajstić information content (AvgIpc) is 2.50. The quantitative estimate of drug-likeness (QED) is 0.402. The maximum atomic E-state index is 11.5. The smallest absolute Gasteiger partial charge is 0.308 e. The van der Waals surface area contributed by atoms with E-state index in [2.05, 4.69) is 33.9 Å². The van der Waals surface area contributed by atoms with Crippen LogP contribution in [0, 0.1) is 11.8 Å². The normalized spacial score (nSPS) is 24.6. The summed E-state index contributed by atoms with van der Waals surface area (Å²) in [5.41, 5.74) is 0. The number of unbranched alkanes of at least 4 members (excludes halogenated alkanes) is 1. The molecule has 0 bridgehead atoms. The third-order valence-electron chi connectivity index (χ3n) is 5.14. The Labute approximate surface area is 131 Å². The van der Waals surface area contributed by atoms with E-state index in [-0.39, 0.29) is 11.9 Å². The summed E-state index contributed by atoms with van der Waals surface area (Å²) in [7, 11) is -1.59. The van der Waals surface area contributed by atoms with Crippen LogP contribution in [0.5, 0.6) is 0 Å². The predicted molar refractivity (Wildman–Crippen MR) is 89.8 cm³/mol. The number of carbonyl (C=O) groups is 1. The van der Waals surface area contributed by atoms with Crippen LogP contribution >= 0.6 is 0 Å². The number of cyclic esters (lactones) is 1. The predicted octanol–water partition coefficient (Wildman–Crippen LogP) is 4.77. The molecule has 0 radical (unpaired) electrons. The van der Waals surface area contributed by atoms with Crippen LogP contribution < -0.4 is 0 Å². The summed E-state index contributed by atoms with van der Waals surface area (Å²) in [6.45, 7) is 14.9. The third-order valence-corrected chi connectivity index (χ3v) is 9.67. The van der Waals surface area contributed by atoms with Gasteiger partial charge in [-0.15, -0.1) is 0 Å². The van der Waals surface area contributed by atoms with Crippen molar-refractivity contribution in [2.24, 2.45) is 11.8 Å². The molecule has 1 aliphatic heterocycles. The van der Waals surface area contributed by atoms with Crippen LogP contribution in [0.4, 0.5) is 0 Å². The van der Waals surface area contributed by atoms with E-state index in [1.807, 2.05) is 6.92 Å². The minimum Gasteiger partial charge on any atom is -0.465 e. The van der Waals surface area contributed by atoms with Crippen LogP contribution in [0.1, 0.15) is 59.8 Å². The van der Waals surface area contributed by atoms with Gasteiger partial charge in [-0.05, 0) is 43.3 Å². The fourth-order valence-corrected chi connectivity index (χ4v) is 3.61. The van der Waals surface area contributed by atoms with Gasteiger partial charge in [-0.1, -0.05) is 40.5 Å². The minimum absolute atomic E-state index is 0.0150. The van der Waals surface area contributed by atoms with Crippen molar-refractivity contribution in [1.29, 1.82) is 0 Å². The molecule has 0 N–H and O–H groups in total. The summed E-state index contributed by atoms with van der Waals surface area (Å²) < 4.78 is 11.4. The number of hydrogen-bond donors (Lipinski definition) is 0. The molecule has 0 amide bonds. The second-order valence-corrected chi connectivity index (χ2v) is 12.9. The molecule has 1 heterocycles. The van der Waals surface area contributed by atoms with E-state index in [0.717, 1.165) is 25.9 Å². The molecule has 1 rings (SSSR count). The van der Waals surface area contributed by atoms with Crippen molar-refractivity contribution in [2.75, 3.05) is 13.2 Å². The van der Waals surface area contributed by atoms with Crippen molar-refractivity contribution in [3.63, 3.8) is 0 Å². The lowest BCUT2D eigenvalue weighted by Crippen LogP contribution is -2.40. The van der Waals surface area contributed by atoms with Gasteiger partial charge >= 0.3 is 5.97 Å². The highest BCUT2D eigenvalue weighted by molar-refractivity contribution is 6.74. The van der Waals surface area contributed by atoms with Crippen LogP contribution in [0.25, 0.3) is 0 Å². The Kier molecular flexibility index (Phi) is 6.92. The van der Waals surface area contributed by atoms with Crippen LogP contribution in [0.2, 0.25) is 18.1 Å². The Morgan fingerprint density at radius 2 is 1.95 bits per heavy atom. The monoisotopic (exact) mass is 314 g/mol. The lowest BCUT2D eigenvalue weighted by molar-refractivity contribution is -0.146. The number of esters is 1. The van der Waals surface area contributed by atoms with E-state index >= 15 is 0 Å². The number of ether oxygens (including phenoxy) is 1. The van der Waals surface area contributed by atoms with E-state index in [1.54, 1.807) is 0 Å². The van der Waals surface area contributed by atoms with Gasteiger partial charge in [0.2, 0.25) is 0 Å². The molecule has 3 nitrogen and oxygen atoms in total. The van der Waals surface area contributed by atoms with Gasteiger partial charge in [-0.25, -0.2) is 0 Å². The van der Waals surface area contributed by atoms with Crippen molar-refractivity contribution < 1.29 is 14.0 Å². The van der Waals surface area contributed by atoms with Gasteiger partial charge < -0.3 is 9.16 Å². The lowest BCUT2D eigenvalue weighted by atomic mass is 9.90. The van der Waals surface area contributed by atoms with Gasteiger partial charge in [-0.2, -0.15) is 0 Å². The maximum Gasteiger partial charge on any atom is 0.308 e. The number of carbonyl (C=O) groups excluding carboxylic acids is 1. The average molecular weight is 315 g/mol. The number of hydrogen-bond acceptors (Lipinski definition) is 3. The van der Waals surface area contributed by atoms with Gasteiger partial charge in [0.25, 0.3) is 0 Å². The van der Waals surface area contributed by atoms with Crippen LogP contribution in [-0.2, 0) is 14.0 Å². The molecule has 21 heavy (non-hydrogen) atoms. The van der Waals surface area contributed by atoms with Crippen molar-refractivity contribution in [3.8, 4) is 0 Å². The lowest BCUT2D eigenvalue weighted by Gasteiger charge is -2.36. The maximum absolute atomic E-state index is 11.5. The molecule has 1 aliphatic rings. The third kappa shape index (κ3) is 6.11. The van der Waals surface area contributed by atoms with Crippen molar-refractivity contribution in [3.05, 3.63) is 0 Å². The fraction of sp³-hybridized carbons (Fsp3) is 0.941. The zero-order chi connectivity index (χ0) is 16.1. The molecular formula is C17H34O3Si. The van der Waals surface area contributed by atoms with Crippen LogP contribution in [0.15, 0.2) is 0 Å². The molecule has 124 valence electrons. The molecular weight excluding hydrogens is 280 g/mol. The first-order valence-electron chi connectivity index (χ1n) is 8.44. The highest BCUT2D eigenvalue weighted by atomic mass is 28.4. The summed E-state index contributed by atoms with van der Waals surface area (Å²) in [6.07, 6.45) is 5.54. The summed E-state index contributed by atoms with van der Waals surface area (Å²) in [6, 6.07) is 0. The highest BCUT2D eigenvalue weighted by Gasteiger charge is 2.36. The molecule has 0 saturated carbocycles. The first-order chi connectivity index (χ1) is 9.63. The molecule has 4 heteroatoms. The Morgan fingerprint density at radius 1 is 1.29 bits per heavy atom. The summed E-state index contributed by atoms with van der Waals surface area (Å²) in [4.78, 5) is 11.5. The van der Waals surface area contributed by atoms with Gasteiger partial charge in [0.15, 0.2) is 8.32 Å². The summed E-state index contributed by atoms with van der Waals surface area (Å²) in [5, 5.41) is 0.293. The highest BCUT2D eigenvalue weighted by Crippen LogP contribution is 2.36.